The minimum atomic E-state index is -1.78. The average molecular weight is 946 g/mol. The molecule has 2 aliphatic rings. The van der Waals surface area contributed by atoms with Crippen LogP contribution in [0.5, 0.6) is 0 Å². The number of rotatable bonds is 42. The number of aliphatic hydroxyl groups is 8. The number of carbonyl (C=O) groups is 1. The second kappa shape index (κ2) is 39.5. The maximum Gasteiger partial charge on any atom is 0.220 e. The molecule has 0 bridgehead atoms. The number of unbranched alkanes of at least 4 members (excludes halogenated alkanes) is 29. The SMILES string of the molecule is CCCCCCCC/C=C/C(O)C(COC1OC(CO)C(OC2OC(CO)C(O)C(O)C2O)C(O)C1O)NC(=O)CCCCCCCCCCCCCCCCCCCCCCCCCC. The third-order valence-corrected chi connectivity index (χ3v) is 13.5. The lowest BCUT2D eigenvalue weighted by Gasteiger charge is -2.46. The highest BCUT2D eigenvalue weighted by Crippen LogP contribution is 2.30. The molecule has 2 rings (SSSR count). The summed E-state index contributed by atoms with van der Waals surface area (Å²) in [7, 11) is 0. The largest absolute Gasteiger partial charge is 0.394 e. The predicted octanol–water partition coefficient (Wildman–Crippen LogP) is 7.55. The Hall–Kier alpha value is -1.27. The van der Waals surface area contributed by atoms with Gasteiger partial charge >= 0.3 is 0 Å². The number of aliphatic hydroxyl groups excluding tert-OH is 8. The Balaban J connectivity index is 1.69. The van der Waals surface area contributed by atoms with Crippen LogP contribution in [0, 0.1) is 0 Å². The van der Waals surface area contributed by atoms with E-state index >= 15 is 0 Å². The van der Waals surface area contributed by atoms with Gasteiger partial charge in [0.15, 0.2) is 12.6 Å². The first-order chi connectivity index (χ1) is 32.1. The summed E-state index contributed by atoms with van der Waals surface area (Å²) < 4.78 is 22.6. The summed E-state index contributed by atoms with van der Waals surface area (Å²) in [5.41, 5.74) is 0. The van der Waals surface area contributed by atoms with Crippen molar-refractivity contribution in [3.63, 3.8) is 0 Å². The van der Waals surface area contributed by atoms with E-state index in [2.05, 4.69) is 19.2 Å². The fourth-order valence-corrected chi connectivity index (χ4v) is 9.06. The van der Waals surface area contributed by atoms with E-state index in [-0.39, 0.29) is 18.9 Å². The molecule has 2 heterocycles. The molecule has 0 aromatic rings. The second-order valence-electron chi connectivity index (χ2n) is 19.4. The van der Waals surface area contributed by atoms with Crippen molar-refractivity contribution in [2.24, 2.45) is 0 Å². The van der Waals surface area contributed by atoms with Crippen molar-refractivity contribution in [1.29, 1.82) is 0 Å². The predicted molar refractivity (Wildman–Crippen MR) is 259 cm³/mol. The molecule has 2 aliphatic heterocycles. The third-order valence-electron chi connectivity index (χ3n) is 13.5. The van der Waals surface area contributed by atoms with Gasteiger partial charge in [-0.3, -0.25) is 4.79 Å². The van der Waals surface area contributed by atoms with E-state index in [0.29, 0.717) is 6.42 Å². The first-order valence-corrected chi connectivity index (χ1v) is 26.9. The van der Waals surface area contributed by atoms with E-state index in [9.17, 15) is 45.6 Å². The Morgan fingerprint density at radius 1 is 0.530 bits per heavy atom. The number of carbonyl (C=O) groups excluding carboxylic acids is 1. The summed E-state index contributed by atoms with van der Waals surface area (Å²) in [4.78, 5) is 13.1. The molecule has 390 valence electrons. The summed E-state index contributed by atoms with van der Waals surface area (Å²) in [6.07, 6.45) is 25.7. The number of nitrogens with one attached hydrogen (secondary N) is 1. The van der Waals surface area contributed by atoms with Gasteiger partial charge in [-0.05, 0) is 19.3 Å². The minimum absolute atomic E-state index is 0.239. The number of hydrogen-bond donors (Lipinski definition) is 9. The summed E-state index contributed by atoms with van der Waals surface area (Å²) in [6, 6.07) is -0.906. The summed E-state index contributed by atoms with van der Waals surface area (Å²) in [5.74, 6) is -0.239. The van der Waals surface area contributed by atoms with Crippen LogP contribution in [0.1, 0.15) is 219 Å². The van der Waals surface area contributed by atoms with Crippen molar-refractivity contribution in [2.45, 2.75) is 293 Å². The molecule has 0 aliphatic carbocycles. The second-order valence-corrected chi connectivity index (χ2v) is 19.4. The molecule has 0 spiro atoms. The van der Waals surface area contributed by atoms with E-state index in [1.807, 2.05) is 6.08 Å². The third kappa shape index (κ3) is 26.1. The molecule has 1 amide bonds. The van der Waals surface area contributed by atoms with Crippen molar-refractivity contribution in [2.75, 3.05) is 19.8 Å². The Bertz CT molecular complexity index is 1160. The van der Waals surface area contributed by atoms with Gasteiger partial charge in [0.1, 0.15) is 48.8 Å². The molecule has 12 atom stereocenters. The van der Waals surface area contributed by atoms with Gasteiger partial charge < -0.3 is 65.1 Å². The van der Waals surface area contributed by atoms with Crippen LogP contribution in [-0.2, 0) is 23.7 Å². The van der Waals surface area contributed by atoms with Crippen LogP contribution in [0.3, 0.4) is 0 Å². The van der Waals surface area contributed by atoms with E-state index in [1.54, 1.807) is 6.08 Å². The van der Waals surface area contributed by atoms with Crippen molar-refractivity contribution in [3.05, 3.63) is 12.2 Å². The zero-order valence-corrected chi connectivity index (χ0v) is 41.5. The monoisotopic (exact) mass is 946 g/mol. The summed E-state index contributed by atoms with van der Waals surface area (Å²) in [5, 5.41) is 86.5. The normalized spacial score (nSPS) is 26.8. The summed E-state index contributed by atoms with van der Waals surface area (Å²) in [6.45, 7) is 2.75. The van der Waals surface area contributed by atoms with Crippen LogP contribution in [0.4, 0.5) is 0 Å². The maximum atomic E-state index is 13.1. The van der Waals surface area contributed by atoms with E-state index < -0.39 is 86.8 Å². The van der Waals surface area contributed by atoms with Crippen molar-refractivity contribution < 1.29 is 64.6 Å². The highest BCUT2D eigenvalue weighted by molar-refractivity contribution is 5.76. The first kappa shape index (κ1) is 60.9. The molecular formula is C52H99NO13. The van der Waals surface area contributed by atoms with Crippen LogP contribution >= 0.6 is 0 Å². The Kier molecular flexibility index (Phi) is 36.4. The Labute approximate surface area is 399 Å². The molecule has 66 heavy (non-hydrogen) atoms. The van der Waals surface area contributed by atoms with Gasteiger partial charge in [0.2, 0.25) is 5.91 Å². The van der Waals surface area contributed by atoms with Crippen LogP contribution in [-0.4, -0.2) is 140 Å². The average Bonchev–Trinajstić information content (AvgIpc) is 3.31. The van der Waals surface area contributed by atoms with Gasteiger partial charge in [-0.1, -0.05) is 206 Å². The van der Waals surface area contributed by atoms with Crippen molar-refractivity contribution in [3.8, 4) is 0 Å². The topological polar surface area (TPSA) is 228 Å². The van der Waals surface area contributed by atoms with E-state index in [0.717, 1.165) is 44.9 Å². The quantitative estimate of drug-likeness (QED) is 0.0213. The van der Waals surface area contributed by atoms with Crippen LogP contribution in [0.2, 0.25) is 0 Å². The summed E-state index contributed by atoms with van der Waals surface area (Å²) >= 11 is 0. The molecule has 0 aromatic heterocycles. The number of hydrogen-bond acceptors (Lipinski definition) is 13. The van der Waals surface area contributed by atoms with E-state index in [4.69, 9.17) is 18.9 Å². The number of amides is 1. The molecular weight excluding hydrogens is 847 g/mol. The van der Waals surface area contributed by atoms with Crippen molar-refractivity contribution in [1.82, 2.24) is 5.32 Å². The lowest BCUT2D eigenvalue weighted by Crippen LogP contribution is -2.65. The highest BCUT2D eigenvalue weighted by Gasteiger charge is 2.51. The van der Waals surface area contributed by atoms with Crippen LogP contribution < -0.4 is 5.32 Å². The molecule has 2 saturated heterocycles. The fraction of sp³-hybridized carbons (Fsp3) is 0.942. The maximum absolute atomic E-state index is 13.1. The van der Waals surface area contributed by atoms with Gasteiger partial charge in [0.25, 0.3) is 0 Å². The first-order valence-electron chi connectivity index (χ1n) is 26.9. The van der Waals surface area contributed by atoms with E-state index in [1.165, 1.54) is 148 Å². The lowest BCUT2D eigenvalue weighted by atomic mass is 9.97. The zero-order valence-electron chi connectivity index (χ0n) is 41.5. The van der Waals surface area contributed by atoms with Gasteiger partial charge in [-0.15, -0.1) is 0 Å². The molecule has 9 N–H and O–H groups in total. The van der Waals surface area contributed by atoms with Gasteiger partial charge in [0.05, 0.1) is 32.0 Å². The highest BCUT2D eigenvalue weighted by atomic mass is 16.7. The number of allylic oxidation sites excluding steroid dienone is 1. The molecule has 12 unspecified atom stereocenters. The molecule has 0 radical (unpaired) electrons. The van der Waals surface area contributed by atoms with Gasteiger partial charge in [-0.25, -0.2) is 0 Å². The fourth-order valence-electron chi connectivity index (χ4n) is 9.06. The van der Waals surface area contributed by atoms with Crippen molar-refractivity contribution >= 4 is 5.91 Å². The Morgan fingerprint density at radius 3 is 1.39 bits per heavy atom. The molecule has 0 saturated carbocycles. The zero-order chi connectivity index (χ0) is 48.2. The lowest BCUT2D eigenvalue weighted by molar-refractivity contribution is -0.359. The molecule has 0 aromatic carbocycles. The number of ether oxygens (including phenoxy) is 4. The smallest absolute Gasteiger partial charge is 0.220 e. The van der Waals surface area contributed by atoms with Gasteiger partial charge in [0, 0.05) is 6.42 Å². The van der Waals surface area contributed by atoms with Crippen LogP contribution in [0.15, 0.2) is 12.2 Å². The van der Waals surface area contributed by atoms with Gasteiger partial charge in [-0.2, -0.15) is 0 Å². The minimum Gasteiger partial charge on any atom is -0.394 e. The standard InChI is InChI=1S/C52H99NO13/c1-3-5-7-9-11-13-14-15-16-17-18-19-20-21-22-23-24-25-26-27-28-30-32-34-36-44(57)53-40(41(56)35-33-31-29-12-10-8-6-4-2)39-63-51-49(62)47(60)50(43(38-55)65-51)66-52-48(61)46(59)45(58)42(37-54)64-52/h33,35,40-43,45-52,54-56,58-62H,3-32,34,36-39H2,1-2H3,(H,53,57)/b35-33+. The molecule has 14 nitrogen and oxygen atoms in total. The molecule has 2 fully saturated rings. The Morgan fingerprint density at radius 2 is 0.939 bits per heavy atom. The van der Waals surface area contributed by atoms with Crippen LogP contribution in [0.25, 0.3) is 0 Å². The molecule has 14 heteroatoms.